The van der Waals surface area contributed by atoms with Gasteiger partial charge in [-0.3, -0.25) is 0 Å². The molecule has 2 saturated heterocycles. The summed E-state index contributed by atoms with van der Waals surface area (Å²) in [5, 5.41) is 10.7. The molecule has 10 nitrogen and oxygen atoms in total. The molecule has 0 spiro atoms. The summed E-state index contributed by atoms with van der Waals surface area (Å²) < 4.78 is 46.7. The number of sulfone groups is 2. The zero-order valence-electron chi connectivity index (χ0n) is 16.8. The summed E-state index contributed by atoms with van der Waals surface area (Å²) in [5.74, 6) is -0.135. The van der Waals surface area contributed by atoms with Crippen molar-refractivity contribution < 1.29 is 26.4 Å². The third kappa shape index (κ3) is 5.85. The van der Waals surface area contributed by atoms with Crippen molar-refractivity contribution >= 4 is 43.1 Å². The predicted octanol–water partition coefficient (Wildman–Crippen LogP) is 1.08. The van der Waals surface area contributed by atoms with Gasteiger partial charge < -0.3 is 21.3 Å². The van der Waals surface area contributed by atoms with Gasteiger partial charge in [0.1, 0.15) is 0 Å². The SMILES string of the molecule is CC1(NC(=O)Nc2cccc(NC(=O)NC3(C)CCS(=O)(=O)C3)c2)CCS(=O)(=O)C1. The Hall–Kier alpha value is -2.34. The number of hydrogen-bond acceptors (Lipinski definition) is 6. The van der Waals surface area contributed by atoms with E-state index in [2.05, 4.69) is 21.3 Å². The summed E-state index contributed by atoms with van der Waals surface area (Å²) in [6.07, 6.45) is 0.692. The van der Waals surface area contributed by atoms with Crippen LogP contribution < -0.4 is 21.3 Å². The Kier molecular flexibility index (Phi) is 5.76. The van der Waals surface area contributed by atoms with Gasteiger partial charge >= 0.3 is 12.1 Å². The molecule has 12 heteroatoms. The molecule has 0 bridgehead atoms. The van der Waals surface area contributed by atoms with E-state index in [0.717, 1.165) is 0 Å². The number of rotatable bonds is 4. The van der Waals surface area contributed by atoms with Crippen LogP contribution in [0, 0.1) is 0 Å². The first-order chi connectivity index (χ1) is 13.8. The molecule has 2 atom stereocenters. The summed E-state index contributed by atoms with van der Waals surface area (Å²) in [4.78, 5) is 24.6. The van der Waals surface area contributed by atoms with Crippen molar-refractivity contribution in [3.63, 3.8) is 0 Å². The summed E-state index contributed by atoms with van der Waals surface area (Å²) >= 11 is 0. The normalized spacial score (nSPS) is 29.1. The van der Waals surface area contributed by atoms with Crippen LogP contribution in [0.1, 0.15) is 26.7 Å². The second-order valence-electron chi connectivity index (χ2n) is 8.54. The van der Waals surface area contributed by atoms with Crippen LogP contribution in [-0.2, 0) is 19.7 Å². The Balaban J connectivity index is 1.57. The van der Waals surface area contributed by atoms with Crippen molar-refractivity contribution in [3.05, 3.63) is 24.3 Å². The number of carbonyl (C=O) groups is 2. The molecule has 2 aliphatic rings. The van der Waals surface area contributed by atoms with Crippen molar-refractivity contribution in [2.75, 3.05) is 33.6 Å². The fourth-order valence-electron chi connectivity index (χ4n) is 3.77. The van der Waals surface area contributed by atoms with Gasteiger partial charge in [0, 0.05) is 11.4 Å². The summed E-state index contributed by atoms with van der Waals surface area (Å²) in [5.41, 5.74) is -0.834. The van der Waals surface area contributed by atoms with Crippen LogP contribution in [0.4, 0.5) is 21.0 Å². The van der Waals surface area contributed by atoms with Crippen molar-refractivity contribution in [2.24, 2.45) is 0 Å². The van der Waals surface area contributed by atoms with Crippen LogP contribution in [0.2, 0.25) is 0 Å². The number of hydrogen-bond donors (Lipinski definition) is 4. The predicted molar refractivity (Wildman–Crippen MR) is 114 cm³/mol. The zero-order chi connectivity index (χ0) is 22.2. The highest BCUT2D eigenvalue weighted by Gasteiger charge is 2.40. The maximum Gasteiger partial charge on any atom is 0.319 e. The molecule has 0 aromatic heterocycles. The fourth-order valence-corrected chi connectivity index (χ4v) is 7.95. The van der Waals surface area contributed by atoms with Crippen molar-refractivity contribution in [1.29, 1.82) is 0 Å². The third-order valence-electron chi connectivity index (χ3n) is 5.22. The van der Waals surface area contributed by atoms with Crippen molar-refractivity contribution in [1.82, 2.24) is 10.6 Å². The number of urea groups is 2. The van der Waals surface area contributed by atoms with Crippen molar-refractivity contribution in [3.8, 4) is 0 Å². The molecule has 0 radical (unpaired) electrons. The first-order valence-electron chi connectivity index (χ1n) is 9.47. The topological polar surface area (TPSA) is 151 Å². The minimum atomic E-state index is -3.15. The van der Waals surface area contributed by atoms with E-state index in [9.17, 15) is 26.4 Å². The van der Waals surface area contributed by atoms with E-state index in [1.165, 1.54) is 0 Å². The van der Waals surface area contributed by atoms with Gasteiger partial charge in [0.15, 0.2) is 19.7 Å². The largest absolute Gasteiger partial charge is 0.332 e. The lowest BCUT2D eigenvalue weighted by Crippen LogP contribution is -2.48. The molecule has 30 heavy (non-hydrogen) atoms. The molecule has 0 aliphatic carbocycles. The zero-order valence-corrected chi connectivity index (χ0v) is 18.5. The Morgan fingerprint density at radius 2 is 1.20 bits per heavy atom. The molecule has 2 fully saturated rings. The van der Waals surface area contributed by atoms with Gasteiger partial charge in [-0.2, -0.15) is 0 Å². The maximum atomic E-state index is 12.3. The van der Waals surface area contributed by atoms with E-state index in [-0.39, 0.29) is 23.0 Å². The smallest absolute Gasteiger partial charge is 0.319 e. The average molecular weight is 459 g/mol. The number of amides is 4. The quantitative estimate of drug-likeness (QED) is 0.530. The van der Waals surface area contributed by atoms with Crippen LogP contribution >= 0.6 is 0 Å². The number of benzene rings is 1. The standard InChI is InChI=1S/C18H26N4O6S2/c1-17(6-8-29(25,26)11-17)21-15(23)19-13-4-3-5-14(10-13)20-16(24)22-18(2)7-9-30(27,28)12-18/h3-5,10H,6-9,11-12H2,1-2H3,(H2,19,21,23)(H2,20,22,24). The van der Waals surface area contributed by atoms with E-state index >= 15 is 0 Å². The molecule has 1 aromatic carbocycles. The van der Waals surface area contributed by atoms with E-state index < -0.39 is 42.8 Å². The Bertz CT molecular complexity index is 991. The van der Waals surface area contributed by atoms with Crippen LogP contribution in [0.3, 0.4) is 0 Å². The Labute approximate surface area is 176 Å². The highest BCUT2D eigenvalue weighted by Crippen LogP contribution is 2.24. The lowest BCUT2D eigenvalue weighted by atomic mass is 10.0. The second-order valence-corrected chi connectivity index (χ2v) is 12.9. The lowest BCUT2D eigenvalue weighted by molar-refractivity contribution is 0.241. The molecule has 1 aromatic rings. The molecule has 3 rings (SSSR count). The summed E-state index contributed by atoms with van der Waals surface area (Å²) in [7, 11) is -6.30. The van der Waals surface area contributed by atoms with Gasteiger partial charge in [-0.15, -0.1) is 0 Å². The molecular formula is C18H26N4O6S2. The van der Waals surface area contributed by atoms with Gasteiger partial charge in [0.05, 0.1) is 34.1 Å². The molecule has 4 amide bonds. The van der Waals surface area contributed by atoms with Gasteiger partial charge in [0.25, 0.3) is 0 Å². The third-order valence-corrected chi connectivity index (χ3v) is 9.02. The summed E-state index contributed by atoms with van der Waals surface area (Å²) in [6, 6.07) is 5.34. The first-order valence-corrected chi connectivity index (χ1v) is 13.1. The monoisotopic (exact) mass is 458 g/mol. The highest BCUT2D eigenvalue weighted by atomic mass is 32.2. The highest BCUT2D eigenvalue weighted by molar-refractivity contribution is 7.92. The van der Waals surface area contributed by atoms with Gasteiger partial charge in [0.2, 0.25) is 0 Å². The Morgan fingerprint density at radius 1 is 0.800 bits per heavy atom. The van der Waals surface area contributed by atoms with Crippen LogP contribution in [0.5, 0.6) is 0 Å². The van der Waals surface area contributed by atoms with E-state index in [1.54, 1.807) is 38.1 Å². The molecule has 2 heterocycles. The van der Waals surface area contributed by atoms with Crippen LogP contribution in [0.25, 0.3) is 0 Å². The van der Waals surface area contributed by atoms with Crippen LogP contribution in [0.15, 0.2) is 24.3 Å². The van der Waals surface area contributed by atoms with Gasteiger partial charge in [-0.25, -0.2) is 26.4 Å². The fraction of sp³-hybridized carbons (Fsp3) is 0.556. The molecule has 166 valence electrons. The molecule has 2 aliphatic heterocycles. The van der Waals surface area contributed by atoms with Crippen LogP contribution in [-0.4, -0.2) is 63.0 Å². The van der Waals surface area contributed by atoms with E-state index in [4.69, 9.17) is 0 Å². The molecule has 0 saturated carbocycles. The van der Waals surface area contributed by atoms with Gasteiger partial charge in [-0.05, 0) is 44.9 Å². The lowest BCUT2D eigenvalue weighted by Gasteiger charge is -2.24. The number of carbonyl (C=O) groups excluding carboxylic acids is 2. The number of anilines is 2. The van der Waals surface area contributed by atoms with Gasteiger partial charge in [-0.1, -0.05) is 6.07 Å². The van der Waals surface area contributed by atoms with Crippen molar-refractivity contribution in [2.45, 2.75) is 37.8 Å². The minimum absolute atomic E-state index is 0.0402. The first kappa shape index (κ1) is 22.3. The minimum Gasteiger partial charge on any atom is -0.332 e. The maximum absolute atomic E-state index is 12.3. The summed E-state index contributed by atoms with van der Waals surface area (Å²) in [6.45, 7) is 3.37. The second kappa shape index (κ2) is 7.73. The average Bonchev–Trinajstić information content (AvgIpc) is 3.00. The molecule has 4 N–H and O–H groups in total. The number of nitrogens with one attached hydrogen (secondary N) is 4. The van der Waals surface area contributed by atoms with E-state index in [0.29, 0.717) is 24.2 Å². The molecular weight excluding hydrogens is 432 g/mol. The van der Waals surface area contributed by atoms with E-state index in [1.807, 2.05) is 0 Å². The Morgan fingerprint density at radius 3 is 1.53 bits per heavy atom. The molecule has 2 unspecified atom stereocenters.